The van der Waals surface area contributed by atoms with E-state index in [1.165, 1.54) is 4.88 Å². The third-order valence-corrected chi connectivity index (χ3v) is 4.56. The zero-order chi connectivity index (χ0) is 15.5. The molecule has 1 aromatic carbocycles. The molecule has 0 saturated carbocycles. The van der Waals surface area contributed by atoms with Gasteiger partial charge < -0.3 is 10.1 Å². The normalized spacial score (nSPS) is 13.7. The van der Waals surface area contributed by atoms with Crippen molar-refractivity contribution in [2.24, 2.45) is 0 Å². The van der Waals surface area contributed by atoms with Crippen LogP contribution in [0.2, 0.25) is 0 Å². The predicted octanol–water partition coefficient (Wildman–Crippen LogP) is 4.49. The van der Waals surface area contributed by atoms with Crippen LogP contribution in [0.1, 0.15) is 10.4 Å². The van der Waals surface area contributed by atoms with Gasteiger partial charge in [-0.1, -0.05) is 24.3 Å². The molecular weight excluding hydrogens is 306 g/mol. The van der Waals surface area contributed by atoms with E-state index in [0.717, 1.165) is 21.8 Å². The van der Waals surface area contributed by atoms with E-state index in [0.29, 0.717) is 19.2 Å². The molecule has 6 bridgehead atoms. The highest BCUT2D eigenvalue weighted by Gasteiger charge is 2.07. The quantitative estimate of drug-likeness (QED) is 0.662. The molecular formula is C18H15N3OS. The SMILES string of the molecule is C1=Cc2cccc(c2)Nc2nccc(n2)-c2ccc(s2)COC1. The van der Waals surface area contributed by atoms with Gasteiger partial charge in [0.25, 0.3) is 0 Å². The predicted molar refractivity (Wildman–Crippen MR) is 93.8 cm³/mol. The Balaban J connectivity index is 1.75. The number of rotatable bonds is 0. The van der Waals surface area contributed by atoms with Crippen LogP contribution in [0, 0.1) is 0 Å². The molecule has 0 radical (unpaired) electrons. The maximum Gasteiger partial charge on any atom is 0.227 e. The molecule has 1 aliphatic heterocycles. The highest BCUT2D eigenvalue weighted by atomic mass is 32.1. The molecule has 3 aromatic rings. The Labute approximate surface area is 138 Å². The second-order valence-corrected chi connectivity index (χ2v) is 6.37. The number of fused-ring (bicyclic) bond motifs is 7. The van der Waals surface area contributed by atoms with Crippen molar-refractivity contribution in [3.8, 4) is 10.6 Å². The Morgan fingerprint density at radius 1 is 1.13 bits per heavy atom. The van der Waals surface area contributed by atoms with E-state index >= 15 is 0 Å². The Morgan fingerprint density at radius 3 is 3.13 bits per heavy atom. The minimum Gasteiger partial charge on any atom is -0.372 e. The summed E-state index contributed by atoms with van der Waals surface area (Å²) in [5.41, 5.74) is 3.00. The first-order chi connectivity index (χ1) is 11.4. The molecule has 4 rings (SSSR count). The minimum absolute atomic E-state index is 0.596. The van der Waals surface area contributed by atoms with Gasteiger partial charge in [-0.3, -0.25) is 0 Å². The Kier molecular flexibility index (Phi) is 3.88. The van der Waals surface area contributed by atoms with Crippen LogP contribution in [-0.4, -0.2) is 16.6 Å². The smallest absolute Gasteiger partial charge is 0.227 e. The summed E-state index contributed by atoms with van der Waals surface area (Å²) in [5.74, 6) is 0.602. The second-order valence-electron chi connectivity index (χ2n) is 5.20. The summed E-state index contributed by atoms with van der Waals surface area (Å²) in [7, 11) is 0. The van der Waals surface area contributed by atoms with Gasteiger partial charge in [-0.25, -0.2) is 9.97 Å². The Bertz CT molecular complexity index is 857. The van der Waals surface area contributed by atoms with E-state index in [9.17, 15) is 0 Å². The van der Waals surface area contributed by atoms with E-state index < -0.39 is 0 Å². The molecule has 4 nitrogen and oxygen atoms in total. The van der Waals surface area contributed by atoms with E-state index in [-0.39, 0.29) is 0 Å². The number of nitrogens with one attached hydrogen (secondary N) is 1. The van der Waals surface area contributed by atoms with Crippen LogP contribution in [0.15, 0.2) is 54.7 Å². The number of hydrogen-bond acceptors (Lipinski definition) is 5. The fourth-order valence-corrected chi connectivity index (χ4v) is 3.33. The molecule has 1 aliphatic rings. The van der Waals surface area contributed by atoms with Gasteiger partial charge >= 0.3 is 0 Å². The summed E-state index contributed by atoms with van der Waals surface area (Å²) in [6.07, 6.45) is 5.87. The van der Waals surface area contributed by atoms with E-state index in [1.54, 1.807) is 17.5 Å². The minimum atomic E-state index is 0.596. The summed E-state index contributed by atoms with van der Waals surface area (Å²) in [5, 5.41) is 3.27. The molecule has 0 atom stereocenters. The average Bonchev–Trinajstić information content (AvgIpc) is 3.03. The van der Waals surface area contributed by atoms with Crippen LogP contribution >= 0.6 is 11.3 Å². The topological polar surface area (TPSA) is 47.0 Å². The van der Waals surface area contributed by atoms with E-state index in [4.69, 9.17) is 4.74 Å². The van der Waals surface area contributed by atoms with Crippen LogP contribution < -0.4 is 5.32 Å². The maximum atomic E-state index is 5.71. The Morgan fingerprint density at radius 2 is 2.13 bits per heavy atom. The van der Waals surface area contributed by atoms with Crippen molar-refractivity contribution in [3.63, 3.8) is 0 Å². The standard InChI is InChI=1S/C18H15N3OS/c1-3-13-4-2-10-22-12-15-6-7-17(23-15)16-8-9-19-18(21-16)20-14(5-1)11-13/h1-9,11H,10,12H2,(H,19,20,21). The molecule has 0 spiro atoms. The molecule has 3 heterocycles. The van der Waals surface area contributed by atoms with Gasteiger partial charge in [-0.2, -0.15) is 0 Å². The van der Waals surface area contributed by atoms with Crippen molar-refractivity contribution in [1.82, 2.24) is 9.97 Å². The fourth-order valence-electron chi connectivity index (χ4n) is 2.41. The molecule has 23 heavy (non-hydrogen) atoms. The van der Waals surface area contributed by atoms with Crippen LogP contribution in [0.3, 0.4) is 0 Å². The van der Waals surface area contributed by atoms with Crippen LogP contribution in [0.4, 0.5) is 11.6 Å². The van der Waals surface area contributed by atoms with Crippen molar-refractivity contribution >= 4 is 29.0 Å². The first kappa shape index (κ1) is 14.1. The second kappa shape index (κ2) is 6.32. The summed E-state index contributed by atoms with van der Waals surface area (Å²) in [4.78, 5) is 11.2. The number of thiophene rings is 1. The molecule has 1 N–H and O–H groups in total. The fraction of sp³-hybridized carbons (Fsp3) is 0.111. The summed E-state index contributed by atoms with van der Waals surface area (Å²) in [6.45, 7) is 1.21. The summed E-state index contributed by atoms with van der Waals surface area (Å²) < 4.78 is 5.71. The molecule has 2 aromatic heterocycles. The van der Waals surface area contributed by atoms with Crippen molar-refractivity contribution in [2.45, 2.75) is 6.61 Å². The number of anilines is 2. The molecule has 114 valence electrons. The zero-order valence-electron chi connectivity index (χ0n) is 12.4. The molecule has 0 amide bonds. The lowest BCUT2D eigenvalue weighted by Crippen LogP contribution is -1.97. The van der Waals surface area contributed by atoms with Gasteiger partial charge in [0.2, 0.25) is 5.95 Å². The van der Waals surface area contributed by atoms with Gasteiger partial charge in [0.05, 0.1) is 23.8 Å². The Hall–Kier alpha value is -2.50. The zero-order valence-corrected chi connectivity index (χ0v) is 13.2. The van der Waals surface area contributed by atoms with Crippen molar-refractivity contribution < 1.29 is 4.74 Å². The molecule has 0 saturated heterocycles. The van der Waals surface area contributed by atoms with E-state index in [1.807, 2.05) is 24.3 Å². The third kappa shape index (κ3) is 3.31. The number of ether oxygens (including phenoxy) is 1. The van der Waals surface area contributed by atoms with Crippen LogP contribution in [0.5, 0.6) is 0 Å². The van der Waals surface area contributed by atoms with Crippen molar-refractivity contribution in [2.75, 3.05) is 11.9 Å². The average molecular weight is 321 g/mol. The lowest BCUT2D eigenvalue weighted by molar-refractivity contribution is 0.151. The van der Waals surface area contributed by atoms with Crippen LogP contribution in [0.25, 0.3) is 16.6 Å². The molecule has 0 fully saturated rings. The summed E-state index contributed by atoms with van der Waals surface area (Å²) in [6, 6.07) is 14.2. The van der Waals surface area contributed by atoms with Crippen LogP contribution in [-0.2, 0) is 11.3 Å². The van der Waals surface area contributed by atoms with Gasteiger partial charge in [-0.15, -0.1) is 11.3 Å². The van der Waals surface area contributed by atoms with Crippen molar-refractivity contribution in [3.05, 3.63) is 65.2 Å². The third-order valence-electron chi connectivity index (χ3n) is 3.48. The lowest BCUT2D eigenvalue weighted by Gasteiger charge is -2.06. The lowest BCUT2D eigenvalue weighted by atomic mass is 10.2. The van der Waals surface area contributed by atoms with E-state index in [2.05, 4.69) is 45.6 Å². The van der Waals surface area contributed by atoms with Gasteiger partial charge in [-0.05, 0) is 35.9 Å². The highest BCUT2D eigenvalue weighted by molar-refractivity contribution is 7.15. The first-order valence-electron chi connectivity index (χ1n) is 7.40. The number of hydrogen-bond donors (Lipinski definition) is 1. The molecule has 0 aliphatic carbocycles. The van der Waals surface area contributed by atoms with Crippen molar-refractivity contribution in [1.29, 1.82) is 0 Å². The van der Waals surface area contributed by atoms with Gasteiger partial charge in [0.15, 0.2) is 0 Å². The number of nitrogens with zero attached hydrogens (tertiary/aromatic N) is 2. The molecule has 0 unspecified atom stereocenters. The largest absolute Gasteiger partial charge is 0.372 e. The van der Waals surface area contributed by atoms with Gasteiger partial charge in [0, 0.05) is 16.8 Å². The number of benzene rings is 1. The number of aromatic nitrogens is 2. The highest BCUT2D eigenvalue weighted by Crippen LogP contribution is 2.28. The maximum absolute atomic E-state index is 5.71. The monoisotopic (exact) mass is 321 g/mol. The molecule has 5 heteroatoms. The van der Waals surface area contributed by atoms with Gasteiger partial charge in [0.1, 0.15) is 0 Å². The first-order valence-corrected chi connectivity index (χ1v) is 8.22. The summed E-state index contributed by atoms with van der Waals surface area (Å²) >= 11 is 1.70.